The minimum absolute atomic E-state index is 0.00861. The van der Waals surface area contributed by atoms with Crippen molar-refractivity contribution in [1.29, 1.82) is 0 Å². The van der Waals surface area contributed by atoms with Gasteiger partial charge >= 0.3 is 0 Å². The van der Waals surface area contributed by atoms with Crippen LogP contribution in [0.1, 0.15) is 22.9 Å². The van der Waals surface area contributed by atoms with Crippen molar-refractivity contribution < 1.29 is 13.9 Å². The molecule has 1 heterocycles. The Morgan fingerprint density at radius 3 is 2.59 bits per heavy atom. The number of hydrogen-bond donors (Lipinski definition) is 1. The van der Waals surface area contributed by atoms with Gasteiger partial charge in [-0.15, -0.1) is 5.10 Å². The summed E-state index contributed by atoms with van der Waals surface area (Å²) in [6.45, 7) is 1.51. The molecule has 0 saturated carbocycles. The molecule has 2 aromatic rings. The normalized spacial score (nSPS) is 12.8. The summed E-state index contributed by atoms with van der Waals surface area (Å²) in [5, 5.41) is 17.2. The Bertz CT molecular complexity index is 554. The van der Waals surface area contributed by atoms with E-state index in [-0.39, 0.29) is 11.1 Å². The molecule has 0 aliphatic heterocycles. The van der Waals surface area contributed by atoms with Crippen LogP contribution in [0.3, 0.4) is 0 Å². The molecule has 0 bridgehead atoms. The van der Waals surface area contributed by atoms with Crippen molar-refractivity contribution in [2.45, 2.75) is 13.0 Å². The van der Waals surface area contributed by atoms with Crippen LogP contribution >= 0.6 is 0 Å². The molecule has 0 aliphatic rings. The molecule has 0 saturated heterocycles. The van der Waals surface area contributed by atoms with Gasteiger partial charge in [0.2, 0.25) is 0 Å². The van der Waals surface area contributed by atoms with E-state index in [1.165, 1.54) is 23.9 Å². The predicted molar refractivity (Wildman–Crippen MR) is 56.2 cm³/mol. The molecule has 0 amide bonds. The monoisotopic (exact) mass is 239 g/mol. The maximum Gasteiger partial charge on any atom is 0.132 e. The van der Waals surface area contributed by atoms with Crippen molar-refractivity contribution in [3.63, 3.8) is 0 Å². The highest BCUT2D eigenvalue weighted by molar-refractivity contribution is 5.31. The summed E-state index contributed by atoms with van der Waals surface area (Å²) < 4.78 is 28.0. The Hall–Kier alpha value is -1.82. The third-order valence-corrected chi connectivity index (χ3v) is 2.60. The Kier molecular flexibility index (Phi) is 2.89. The average molecular weight is 239 g/mol. The number of hydrogen-bond acceptors (Lipinski definition) is 3. The topological polar surface area (TPSA) is 50.9 Å². The van der Waals surface area contributed by atoms with E-state index in [9.17, 15) is 13.9 Å². The van der Waals surface area contributed by atoms with E-state index in [2.05, 4.69) is 10.3 Å². The zero-order valence-electron chi connectivity index (χ0n) is 9.35. The third-order valence-electron chi connectivity index (χ3n) is 2.60. The number of rotatable bonds is 2. The first-order valence-corrected chi connectivity index (χ1v) is 4.99. The van der Waals surface area contributed by atoms with Crippen molar-refractivity contribution in [3.05, 3.63) is 46.8 Å². The van der Waals surface area contributed by atoms with E-state index < -0.39 is 17.7 Å². The lowest BCUT2D eigenvalue weighted by atomic mass is 10.0. The molecule has 0 fully saturated rings. The van der Waals surface area contributed by atoms with Gasteiger partial charge in [0.05, 0.1) is 11.9 Å². The second-order valence-corrected chi connectivity index (χ2v) is 3.81. The first-order valence-electron chi connectivity index (χ1n) is 4.99. The van der Waals surface area contributed by atoms with Crippen LogP contribution in [0.25, 0.3) is 0 Å². The number of aliphatic hydroxyl groups excluding tert-OH is 1. The highest BCUT2D eigenvalue weighted by Crippen LogP contribution is 2.25. The minimum Gasteiger partial charge on any atom is -0.382 e. The van der Waals surface area contributed by atoms with Crippen LogP contribution in [0.2, 0.25) is 0 Å². The van der Waals surface area contributed by atoms with Gasteiger partial charge in [-0.3, -0.25) is 0 Å². The lowest BCUT2D eigenvalue weighted by Crippen LogP contribution is -2.09. The van der Waals surface area contributed by atoms with Crippen molar-refractivity contribution in [2.75, 3.05) is 0 Å². The van der Waals surface area contributed by atoms with Crippen molar-refractivity contribution in [3.8, 4) is 0 Å². The Labute approximate surface area is 96.5 Å². The SMILES string of the molecule is Cc1cc(C(O)c2cnnn2C)c(F)cc1F. The highest BCUT2D eigenvalue weighted by atomic mass is 19.1. The largest absolute Gasteiger partial charge is 0.382 e. The first kappa shape index (κ1) is 11.7. The number of aryl methyl sites for hydroxylation is 2. The van der Waals surface area contributed by atoms with Gasteiger partial charge in [-0.05, 0) is 18.6 Å². The Morgan fingerprint density at radius 1 is 1.29 bits per heavy atom. The lowest BCUT2D eigenvalue weighted by Gasteiger charge is -2.12. The fourth-order valence-electron chi connectivity index (χ4n) is 1.59. The fourth-order valence-corrected chi connectivity index (χ4v) is 1.59. The lowest BCUT2D eigenvalue weighted by molar-refractivity contribution is 0.204. The Balaban J connectivity index is 2.48. The summed E-state index contributed by atoms with van der Waals surface area (Å²) >= 11 is 0. The zero-order chi connectivity index (χ0) is 12.6. The maximum absolute atomic E-state index is 13.6. The second kappa shape index (κ2) is 4.21. The van der Waals surface area contributed by atoms with Crippen LogP contribution in [0, 0.1) is 18.6 Å². The average Bonchev–Trinajstić information content (AvgIpc) is 2.69. The van der Waals surface area contributed by atoms with Crippen molar-refractivity contribution in [1.82, 2.24) is 15.0 Å². The quantitative estimate of drug-likeness (QED) is 0.863. The van der Waals surface area contributed by atoms with Crippen molar-refractivity contribution >= 4 is 0 Å². The smallest absolute Gasteiger partial charge is 0.132 e. The summed E-state index contributed by atoms with van der Waals surface area (Å²) in [4.78, 5) is 0. The van der Waals surface area contributed by atoms with Crippen LogP contribution in [0.15, 0.2) is 18.3 Å². The van der Waals surface area contributed by atoms with Gasteiger partial charge in [-0.1, -0.05) is 5.21 Å². The fraction of sp³-hybridized carbons (Fsp3) is 0.273. The molecule has 2 rings (SSSR count). The van der Waals surface area contributed by atoms with E-state index in [1.807, 2.05) is 0 Å². The molecule has 0 spiro atoms. The molecule has 0 radical (unpaired) electrons. The number of aromatic nitrogens is 3. The van der Waals surface area contributed by atoms with Crippen LogP contribution in [0.5, 0.6) is 0 Å². The van der Waals surface area contributed by atoms with E-state index in [0.717, 1.165) is 6.07 Å². The third kappa shape index (κ3) is 2.03. The molecule has 17 heavy (non-hydrogen) atoms. The number of nitrogens with zero attached hydrogens (tertiary/aromatic N) is 3. The molecule has 1 aromatic heterocycles. The van der Waals surface area contributed by atoms with Crippen molar-refractivity contribution in [2.24, 2.45) is 7.05 Å². The summed E-state index contributed by atoms with van der Waals surface area (Å²) in [7, 11) is 1.58. The zero-order valence-corrected chi connectivity index (χ0v) is 9.35. The van der Waals surface area contributed by atoms with E-state index in [4.69, 9.17) is 0 Å². The van der Waals surface area contributed by atoms with Gasteiger partial charge in [0, 0.05) is 18.7 Å². The van der Waals surface area contributed by atoms with Crippen LogP contribution in [-0.4, -0.2) is 20.1 Å². The van der Waals surface area contributed by atoms with Gasteiger partial charge in [-0.25, -0.2) is 13.5 Å². The second-order valence-electron chi connectivity index (χ2n) is 3.81. The Morgan fingerprint density at radius 2 is 2.00 bits per heavy atom. The van der Waals surface area contributed by atoms with Crippen LogP contribution in [0.4, 0.5) is 8.78 Å². The molecular formula is C11H11F2N3O. The number of halogens is 2. The summed E-state index contributed by atoms with van der Waals surface area (Å²) in [6, 6.07) is 2.04. The molecule has 4 nitrogen and oxygen atoms in total. The number of aliphatic hydroxyl groups is 1. The predicted octanol–water partition coefficient (Wildman–Crippen LogP) is 1.48. The molecule has 1 aromatic carbocycles. The first-order chi connectivity index (χ1) is 8.00. The van der Waals surface area contributed by atoms with Gasteiger partial charge < -0.3 is 5.11 Å². The molecule has 1 atom stereocenters. The van der Waals surface area contributed by atoms with Gasteiger partial charge in [-0.2, -0.15) is 0 Å². The molecule has 6 heteroatoms. The molecule has 1 N–H and O–H groups in total. The van der Waals surface area contributed by atoms with Crippen LogP contribution < -0.4 is 0 Å². The summed E-state index contributed by atoms with van der Waals surface area (Å²) in [5.74, 6) is -1.43. The van der Waals surface area contributed by atoms with Gasteiger partial charge in [0.15, 0.2) is 0 Å². The van der Waals surface area contributed by atoms with E-state index in [1.54, 1.807) is 7.05 Å². The van der Waals surface area contributed by atoms with E-state index in [0.29, 0.717) is 5.69 Å². The molecule has 90 valence electrons. The number of benzene rings is 1. The molecular weight excluding hydrogens is 228 g/mol. The summed E-state index contributed by atoms with van der Waals surface area (Å²) in [5.41, 5.74) is 0.625. The van der Waals surface area contributed by atoms with Gasteiger partial charge in [0.1, 0.15) is 17.7 Å². The standard InChI is InChI=1S/C11H11F2N3O/c1-6-3-7(9(13)4-8(6)12)11(17)10-5-14-15-16(10)2/h3-5,11,17H,1-2H3. The molecule has 1 unspecified atom stereocenters. The maximum atomic E-state index is 13.6. The highest BCUT2D eigenvalue weighted by Gasteiger charge is 2.20. The van der Waals surface area contributed by atoms with Gasteiger partial charge in [0.25, 0.3) is 0 Å². The molecule has 0 aliphatic carbocycles. The minimum atomic E-state index is -1.21. The summed E-state index contributed by atoms with van der Waals surface area (Å²) in [6.07, 6.45) is 0.122. The van der Waals surface area contributed by atoms with Crippen LogP contribution in [-0.2, 0) is 7.05 Å². The van der Waals surface area contributed by atoms with E-state index >= 15 is 0 Å².